The van der Waals surface area contributed by atoms with E-state index in [9.17, 15) is 19.5 Å². The van der Waals surface area contributed by atoms with Gasteiger partial charge in [-0.1, -0.05) is 6.42 Å². The van der Waals surface area contributed by atoms with Gasteiger partial charge in [0, 0.05) is 36.7 Å². The molecule has 3 heterocycles. The first-order chi connectivity index (χ1) is 15.4. The number of carbonyl (C=O) groups excluding carboxylic acids is 2. The summed E-state index contributed by atoms with van der Waals surface area (Å²) >= 11 is 0. The van der Waals surface area contributed by atoms with Crippen LogP contribution in [0.2, 0.25) is 0 Å². The molecule has 2 aliphatic heterocycles. The summed E-state index contributed by atoms with van der Waals surface area (Å²) in [6.07, 6.45) is 6.66. The molecule has 1 aromatic carbocycles. The third kappa shape index (κ3) is 3.94. The molecule has 1 aliphatic carbocycles. The number of rotatable bonds is 3. The minimum absolute atomic E-state index is 0.00152. The van der Waals surface area contributed by atoms with E-state index in [1.54, 1.807) is 11.0 Å². The minimum atomic E-state index is -0.547. The van der Waals surface area contributed by atoms with Crippen molar-refractivity contribution in [3.63, 3.8) is 0 Å². The van der Waals surface area contributed by atoms with Crippen LogP contribution in [0.15, 0.2) is 33.5 Å². The molecule has 8 heteroatoms. The summed E-state index contributed by atoms with van der Waals surface area (Å²) in [6, 6.07) is 5.98. The summed E-state index contributed by atoms with van der Waals surface area (Å²) in [4.78, 5) is 41.1. The average Bonchev–Trinajstić information content (AvgIpc) is 3.09. The molecule has 1 saturated carbocycles. The first-order valence-corrected chi connectivity index (χ1v) is 11.5. The maximum Gasteiger partial charge on any atom is 0.410 e. The summed E-state index contributed by atoms with van der Waals surface area (Å²) in [5.74, 6) is -0.0576. The highest BCUT2D eigenvalue weighted by Crippen LogP contribution is 2.38. The molecule has 2 saturated heterocycles. The largest absolute Gasteiger partial charge is 0.508 e. The molecule has 32 heavy (non-hydrogen) atoms. The Morgan fingerprint density at radius 2 is 1.84 bits per heavy atom. The monoisotopic (exact) mass is 440 g/mol. The summed E-state index contributed by atoms with van der Waals surface area (Å²) in [6.45, 7) is 1.81. The summed E-state index contributed by atoms with van der Waals surface area (Å²) in [5, 5.41) is 10.3. The van der Waals surface area contributed by atoms with Gasteiger partial charge in [-0.05, 0) is 56.2 Å². The number of piperidine rings is 1. The van der Waals surface area contributed by atoms with Gasteiger partial charge in [0.2, 0.25) is 5.91 Å². The normalized spacial score (nSPS) is 21.3. The number of ether oxygens (including phenoxy) is 1. The Morgan fingerprint density at radius 1 is 1.09 bits per heavy atom. The van der Waals surface area contributed by atoms with Gasteiger partial charge in [-0.15, -0.1) is 0 Å². The molecular weight excluding hydrogens is 412 g/mol. The van der Waals surface area contributed by atoms with Gasteiger partial charge >= 0.3 is 11.7 Å². The van der Waals surface area contributed by atoms with Crippen LogP contribution in [-0.4, -0.2) is 58.2 Å². The Kier molecular flexibility index (Phi) is 5.31. The number of nitrogens with zero attached hydrogens (tertiary/aromatic N) is 2. The van der Waals surface area contributed by atoms with Gasteiger partial charge in [0.15, 0.2) is 0 Å². The van der Waals surface area contributed by atoms with Crippen LogP contribution in [0.4, 0.5) is 4.79 Å². The van der Waals surface area contributed by atoms with Gasteiger partial charge in [0.1, 0.15) is 16.9 Å². The number of hydrogen-bond acceptors (Lipinski definition) is 6. The van der Waals surface area contributed by atoms with Crippen molar-refractivity contribution < 1.29 is 23.8 Å². The molecule has 5 rings (SSSR count). The first-order valence-electron chi connectivity index (χ1n) is 11.5. The smallest absolute Gasteiger partial charge is 0.410 e. The van der Waals surface area contributed by atoms with Crippen LogP contribution >= 0.6 is 0 Å². The summed E-state index contributed by atoms with van der Waals surface area (Å²) in [5.41, 5.74) is 0.00865. The van der Waals surface area contributed by atoms with Crippen LogP contribution in [0.1, 0.15) is 50.5 Å². The van der Waals surface area contributed by atoms with E-state index >= 15 is 0 Å². The number of benzene rings is 1. The van der Waals surface area contributed by atoms with Gasteiger partial charge in [-0.2, -0.15) is 0 Å². The molecule has 1 N–H and O–H groups in total. The van der Waals surface area contributed by atoms with Gasteiger partial charge in [-0.3, -0.25) is 4.79 Å². The molecular formula is C24H28N2O6. The van der Waals surface area contributed by atoms with Crippen molar-refractivity contribution in [3.8, 4) is 5.75 Å². The van der Waals surface area contributed by atoms with E-state index in [0.29, 0.717) is 30.6 Å². The first kappa shape index (κ1) is 20.8. The Hall–Kier alpha value is -3.03. The van der Waals surface area contributed by atoms with Crippen LogP contribution in [0.5, 0.6) is 5.75 Å². The lowest BCUT2D eigenvalue weighted by molar-refractivity contribution is -0.131. The Morgan fingerprint density at radius 3 is 2.59 bits per heavy atom. The number of carbonyl (C=O) groups is 2. The molecule has 8 nitrogen and oxygen atoms in total. The SMILES string of the molecule is O=C(Cc1cc(=O)oc2cc(O)ccc12)N1CCC(N2CC3(CCCCC3)OC2=O)CC1. The lowest BCUT2D eigenvalue weighted by Gasteiger charge is -2.36. The number of fused-ring (bicyclic) bond motifs is 1. The van der Waals surface area contributed by atoms with E-state index in [1.807, 2.05) is 4.90 Å². The Labute approximate surface area is 185 Å². The van der Waals surface area contributed by atoms with Crippen molar-refractivity contribution in [1.82, 2.24) is 9.80 Å². The molecule has 0 unspecified atom stereocenters. The van der Waals surface area contributed by atoms with E-state index in [4.69, 9.17) is 9.15 Å². The van der Waals surface area contributed by atoms with Crippen LogP contribution < -0.4 is 5.63 Å². The molecule has 1 spiro atoms. The zero-order valence-corrected chi connectivity index (χ0v) is 18.0. The number of likely N-dealkylation sites (tertiary alicyclic amines) is 1. The zero-order chi connectivity index (χ0) is 22.3. The lowest BCUT2D eigenvalue weighted by atomic mass is 9.84. The molecule has 0 bridgehead atoms. The third-order valence-electron chi connectivity index (χ3n) is 7.18. The fraction of sp³-hybridized carbons (Fsp3) is 0.542. The second-order valence-corrected chi connectivity index (χ2v) is 9.30. The predicted molar refractivity (Wildman–Crippen MR) is 116 cm³/mol. The molecule has 1 aromatic heterocycles. The van der Waals surface area contributed by atoms with Crippen molar-refractivity contribution >= 4 is 23.0 Å². The standard InChI is InChI=1S/C24H28N2O6/c27-18-4-5-19-16(13-22(29)31-20(19)14-18)12-21(28)25-10-6-17(7-11-25)26-15-24(32-23(26)30)8-2-1-3-9-24/h4-5,13-14,17,27H,1-3,6-12,15H2. The second kappa shape index (κ2) is 8.15. The molecule has 3 aliphatic rings. The number of aromatic hydroxyl groups is 1. The molecule has 0 radical (unpaired) electrons. The van der Waals surface area contributed by atoms with E-state index in [2.05, 4.69) is 0 Å². The van der Waals surface area contributed by atoms with Crippen LogP contribution in [0, 0.1) is 0 Å². The predicted octanol–water partition coefficient (Wildman–Crippen LogP) is 3.19. The molecule has 0 atom stereocenters. The highest BCUT2D eigenvalue weighted by Gasteiger charge is 2.48. The van der Waals surface area contributed by atoms with Gasteiger partial charge in [0.05, 0.1) is 13.0 Å². The maximum atomic E-state index is 13.0. The highest BCUT2D eigenvalue weighted by atomic mass is 16.6. The average molecular weight is 440 g/mol. The molecule has 2 amide bonds. The van der Waals surface area contributed by atoms with E-state index in [-0.39, 0.29) is 41.4 Å². The van der Waals surface area contributed by atoms with Crippen molar-refractivity contribution in [3.05, 3.63) is 40.2 Å². The third-order valence-corrected chi connectivity index (χ3v) is 7.18. The fourth-order valence-corrected chi connectivity index (χ4v) is 5.45. The van der Waals surface area contributed by atoms with Crippen LogP contribution in [-0.2, 0) is 16.0 Å². The van der Waals surface area contributed by atoms with Crippen LogP contribution in [0.25, 0.3) is 11.0 Å². The van der Waals surface area contributed by atoms with Crippen LogP contribution in [0.3, 0.4) is 0 Å². The summed E-state index contributed by atoms with van der Waals surface area (Å²) < 4.78 is 11.0. The van der Waals surface area contributed by atoms with Crippen molar-refractivity contribution in [2.24, 2.45) is 0 Å². The van der Waals surface area contributed by atoms with Gasteiger partial charge in [0.25, 0.3) is 0 Å². The molecule has 3 fully saturated rings. The summed E-state index contributed by atoms with van der Waals surface area (Å²) in [7, 11) is 0. The topological polar surface area (TPSA) is 100 Å². The van der Waals surface area contributed by atoms with Gasteiger partial charge in [-0.25, -0.2) is 9.59 Å². The number of phenols is 1. The van der Waals surface area contributed by atoms with Crippen molar-refractivity contribution in [2.45, 2.75) is 63.0 Å². The Bertz CT molecular complexity index is 1100. The lowest BCUT2D eigenvalue weighted by Crippen LogP contribution is -2.48. The number of phenolic OH excluding ortho intramolecular Hbond substituents is 1. The Balaban J connectivity index is 1.22. The van der Waals surface area contributed by atoms with Gasteiger partial charge < -0.3 is 24.1 Å². The second-order valence-electron chi connectivity index (χ2n) is 9.30. The fourth-order valence-electron chi connectivity index (χ4n) is 5.45. The van der Waals surface area contributed by atoms with E-state index < -0.39 is 5.63 Å². The highest BCUT2D eigenvalue weighted by molar-refractivity contribution is 5.87. The number of hydrogen-bond donors (Lipinski definition) is 1. The maximum absolute atomic E-state index is 13.0. The quantitative estimate of drug-likeness (QED) is 0.736. The van der Waals surface area contributed by atoms with Crippen molar-refractivity contribution in [2.75, 3.05) is 19.6 Å². The number of amides is 2. The molecule has 2 aromatic rings. The van der Waals surface area contributed by atoms with E-state index in [0.717, 1.165) is 38.5 Å². The van der Waals surface area contributed by atoms with E-state index in [1.165, 1.54) is 24.6 Å². The molecule has 170 valence electrons. The zero-order valence-electron chi connectivity index (χ0n) is 18.0. The minimum Gasteiger partial charge on any atom is -0.508 e. The van der Waals surface area contributed by atoms with Crippen molar-refractivity contribution in [1.29, 1.82) is 0 Å².